The first-order chi connectivity index (χ1) is 11.6. The number of ketones is 1. The molecule has 120 valence electrons. The van der Waals surface area contributed by atoms with Gasteiger partial charge in [-0.2, -0.15) is 0 Å². The van der Waals surface area contributed by atoms with Crippen LogP contribution in [0.4, 0.5) is 0 Å². The largest absolute Gasteiger partial charge is 0.465 e. The summed E-state index contributed by atoms with van der Waals surface area (Å²) in [5.74, 6) is -1.77. The zero-order valence-corrected chi connectivity index (χ0v) is 13.2. The van der Waals surface area contributed by atoms with Gasteiger partial charge in [-0.05, 0) is 11.1 Å². The molecular weight excluding hydrogens is 308 g/mol. The summed E-state index contributed by atoms with van der Waals surface area (Å²) in [7, 11) is 2.38. The number of esters is 2. The molecule has 0 atom stereocenters. The molecule has 0 N–H and O–H groups in total. The first kappa shape index (κ1) is 15.7. The van der Waals surface area contributed by atoms with E-state index in [1.807, 2.05) is 0 Å². The summed E-state index contributed by atoms with van der Waals surface area (Å²) < 4.78 is 9.53. The minimum absolute atomic E-state index is 0.154. The third kappa shape index (κ3) is 2.31. The lowest BCUT2D eigenvalue weighted by atomic mass is 9.79. The van der Waals surface area contributed by atoms with Crippen LogP contribution in [0.5, 0.6) is 0 Å². The molecule has 1 aliphatic rings. The summed E-state index contributed by atoms with van der Waals surface area (Å²) in [4.78, 5) is 37.2. The monoisotopic (exact) mass is 322 g/mol. The number of methoxy groups -OCH3 is 2. The highest BCUT2D eigenvalue weighted by atomic mass is 16.5. The molecule has 0 bridgehead atoms. The molecule has 0 radical (unpaired) electrons. The molecule has 2 aromatic rings. The van der Waals surface area contributed by atoms with Crippen molar-refractivity contribution in [3.05, 3.63) is 76.4 Å². The Hall–Kier alpha value is -3.21. The lowest BCUT2D eigenvalue weighted by molar-refractivity contribution is -0.143. The number of carbonyl (C=O) groups excluding carboxylic acids is 3. The van der Waals surface area contributed by atoms with Crippen LogP contribution in [0, 0.1) is 0 Å². The maximum atomic E-state index is 12.7. The number of benzene rings is 2. The maximum Gasteiger partial charge on any atom is 0.345 e. The number of fused-ring (bicyclic) bond motifs is 2. The molecule has 0 heterocycles. The third-order valence-electron chi connectivity index (χ3n) is 3.91. The number of hydrogen-bond donors (Lipinski definition) is 0. The van der Waals surface area contributed by atoms with Crippen LogP contribution in [0.1, 0.15) is 27.0 Å². The van der Waals surface area contributed by atoms with Crippen molar-refractivity contribution in [2.24, 2.45) is 0 Å². The summed E-state index contributed by atoms with van der Waals surface area (Å²) in [5.41, 5.74) is 1.99. The highest BCUT2D eigenvalue weighted by molar-refractivity contribution is 6.27. The second-order valence-corrected chi connectivity index (χ2v) is 5.15. The Kier molecular flexibility index (Phi) is 4.00. The van der Waals surface area contributed by atoms with Gasteiger partial charge in [-0.15, -0.1) is 0 Å². The van der Waals surface area contributed by atoms with Crippen LogP contribution in [0.3, 0.4) is 0 Å². The van der Waals surface area contributed by atoms with Crippen molar-refractivity contribution in [2.45, 2.75) is 0 Å². The van der Waals surface area contributed by atoms with E-state index in [0.29, 0.717) is 27.8 Å². The quantitative estimate of drug-likeness (QED) is 0.313. The molecule has 0 aromatic heterocycles. The highest BCUT2D eigenvalue weighted by Gasteiger charge is 2.34. The van der Waals surface area contributed by atoms with Crippen molar-refractivity contribution in [1.29, 1.82) is 0 Å². The molecule has 0 unspecified atom stereocenters. The minimum Gasteiger partial charge on any atom is -0.465 e. The number of ether oxygens (including phenoxy) is 2. The van der Waals surface area contributed by atoms with Gasteiger partial charge in [0.05, 0.1) is 14.2 Å². The van der Waals surface area contributed by atoms with Crippen molar-refractivity contribution >= 4 is 23.3 Å². The standard InChI is InChI=1S/C19H14O5/c1-23-18(21)16(19(22)24-2)15-11-7-3-5-9-13(11)17(20)14-10-6-4-8-12(14)15/h3-10H,1-2H3. The van der Waals surface area contributed by atoms with E-state index in [0.717, 1.165) is 0 Å². The molecule has 3 rings (SSSR count). The van der Waals surface area contributed by atoms with Crippen LogP contribution in [-0.2, 0) is 19.1 Å². The second-order valence-electron chi connectivity index (χ2n) is 5.15. The Morgan fingerprint density at radius 2 is 1.08 bits per heavy atom. The lowest BCUT2D eigenvalue weighted by Gasteiger charge is -2.23. The van der Waals surface area contributed by atoms with E-state index in [1.165, 1.54) is 14.2 Å². The van der Waals surface area contributed by atoms with E-state index in [-0.39, 0.29) is 11.4 Å². The fourth-order valence-corrected chi connectivity index (χ4v) is 2.85. The first-order valence-corrected chi connectivity index (χ1v) is 7.24. The summed E-state index contributed by atoms with van der Waals surface area (Å²) in [6.45, 7) is 0. The zero-order valence-electron chi connectivity index (χ0n) is 13.2. The Balaban J connectivity index is 2.45. The molecule has 0 spiro atoms. The van der Waals surface area contributed by atoms with E-state index in [2.05, 4.69) is 0 Å². The molecular formula is C19H14O5. The van der Waals surface area contributed by atoms with Gasteiger partial charge < -0.3 is 9.47 Å². The van der Waals surface area contributed by atoms with Crippen LogP contribution in [0.25, 0.3) is 5.57 Å². The molecule has 24 heavy (non-hydrogen) atoms. The normalized spacial score (nSPS) is 12.1. The van der Waals surface area contributed by atoms with Crippen molar-refractivity contribution in [1.82, 2.24) is 0 Å². The maximum absolute atomic E-state index is 12.7. The van der Waals surface area contributed by atoms with Gasteiger partial charge in [-0.25, -0.2) is 9.59 Å². The number of hydrogen-bond acceptors (Lipinski definition) is 5. The molecule has 0 saturated heterocycles. The van der Waals surface area contributed by atoms with Crippen LogP contribution in [0.15, 0.2) is 54.1 Å². The Labute approximate surface area is 138 Å². The van der Waals surface area contributed by atoms with Gasteiger partial charge in [0, 0.05) is 16.7 Å². The van der Waals surface area contributed by atoms with Gasteiger partial charge in [0.25, 0.3) is 0 Å². The second kappa shape index (κ2) is 6.12. The summed E-state index contributed by atoms with van der Waals surface area (Å²) in [6.07, 6.45) is 0. The van der Waals surface area contributed by atoms with Crippen molar-refractivity contribution in [3.8, 4) is 0 Å². The third-order valence-corrected chi connectivity index (χ3v) is 3.91. The van der Waals surface area contributed by atoms with Gasteiger partial charge in [0.15, 0.2) is 11.4 Å². The molecule has 5 heteroatoms. The van der Waals surface area contributed by atoms with Gasteiger partial charge in [-0.1, -0.05) is 48.5 Å². The molecule has 1 aliphatic carbocycles. The Morgan fingerprint density at radius 3 is 1.46 bits per heavy atom. The lowest BCUT2D eigenvalue weighted by Crippen LogP contribution is -2.22. The fraction of sp³-hybridized carbons (Fsp3) is 0.105. The topological polar surface area (TPSA) is 69.7 Å². The van der Waals surface area contributed by atoms with E-state index in [4.69, 9.17) is 9.47 Å². The molecule has 2 aromatic carbocycles. The van der Waals surface area contributed by atoms with E-state index < -0.39 is 11.9 Å². The van der Waals surface area contributed by atoms with Crippen LogP contribution in [0.2, 0.25) is 0 Å². The highest BCUT2D eigenvalue weighted by Crippen LogP contribution is 2.38. The summed E-state index contributed by atoms with van der Waals surface area (Å²) >= 11 is 0. The van der Waals surface area contributed by atoms with E-state index in [9.17, 15) is 14.4 Å². The van der Waals surface area contributed by atoms with Crippen molar-refractivity contribution < 1.29 is 23.9 Å². The van der Waals surface area contributed by atoms with Gasteiger partial charge >= 0.3 is 11.9 Å². The van der Waals surface area contributed by atoms with Gasteiger partial charge in [-0.3, -0.25) is 4.79 Å². The first-order valence-electron chi connectivity index (χ1n) is 7.24. The van der Waals surface area contributed by atoms with Crippen LogP contribution >= 0.6 is 0 Å². The SMILES string of the molecule is COC(=O)C(C(=O)OC)=C1c2ccccc2C(=O)c2ccccc21. The van der Waals surface area contributed by atoms with Crippen molar-refractivity contribution in [3.63, 3.8) is 0 Å². The fourth-order valence-electron chi connectivity index (χ4n) is 2.85. The van der Waals surface area contributed by atoms with E-state index in [1.54, 1.807) is 48.5 Å². The van der Waals surface area contributed by atoms with Gasteiger partial charge in [0.2, 0.25) is 0 Å². The van der Waals surface area contributed by atoms with Crippen LogP contribution < -0.4 is 0 Å². The summed E-state index contributed by atoms with van der Waals surface area (Å²) in [5, 5.41) is 0. The number of rotatable bonds is 2. The van der Waals surface area contributed by atoms with Crippen molar-refractivity contribution in [2.75, 3.05) is 14.2 Å². The number of carbonyl (C=O) groups is 3. The van der Waals surface area contributed by atoms with Gasteiger partial charge in [0.1, 0.15) is 0 Å². The van der Waals surface area contributed by atoms with Crippen LogP contribution in [-0.4, -0.2) is 31.9 Å². The Bertz CT molecular complexity index is 823. The Morgan fingerprint density at radius 1 is 0.708 bits per heavy atom. The smallest absolute Gasteiger partial charge is 0.345 e. The summed E-state index contributed by atoms with van der Waals surface area (Å²) in [6, 6.07) is 13.7. The predicted molar refractivity (Wildman–Crippen MR) is 86.4 cm³/mol. The molecule has 5 nitrogen and oxygen atoms in total. The molecule has 0 amide bonds. The predicted octanol–water partition coefficient (Wildman–Crippen LogP) is 2.38. The molecule has 0 fully saturated rings. The average Bonchev–Trinajstić information content (AvgIpc) is 2.64. The average molecular weight is 322 g/mol. The zero-order chi connectivity index (χ0) is 17.3. The molecule has 0 aliphatic heterocycles. The van der Waals surface area contributed by atoms with E-state index >= 15 is 0 Å². The molecule has 0 saturated carbocycles. The minimum atomic E-state index is -0.809.